The van der Waals surface area contributed by atoms with Crippen LogP contribution in [0, 0.1) is 0 Å². The zero-order valence-corrected chi connectivity index (χ0v) is 14.7. The molecule has 3 rings (SSSR count). The number of ether oxygens (including phenoxy) is 1. The normalized spacial score (nSPS) is 19.3. The lowest BCUT2D eigenvalue weighted by Gasteiger charge is -2.20. The Balaban J connectivity index is 1.66. The van der Waals surface area contributed by atoms with E-state index in [0.29, 0.717) is 12.8 Å². The third-order valence-electron chi connectivity index (χ3n) is 4.55. The summed E-state index contributed by atoms with van der Waals surface area (Å²) in [5, 5.41) is 2.72. The van der Waals surface area contributed by atoms with Crippen LogP contribution in [0.5, 0.6) is 11.5 Å². The number of benzene rings is 1. The van der Waals surface area contributed by atoms with Crippen molar-refractivity contribution in [3.8, 4) is 11.5 Å². The molecule has 0 aromatic heterocycles. The molecule has 0 bridgehead atoms. The maximum absolute atomic E-state index is 12.5. The molecule has 1 aromatic carbocycles. The molecule has 25 heavy (non-hydrogen) atoms. The summed E-state index contributed by atoms with van der Waals surface area (Å²) in [7, 11) is -2.58. The van der Waals surface area contributed by atoms with Gasteiger partial charge in [0.15, 0.2) is 11.5 Å². The van der Waals surface area contributed by atoms with Crippen LogP contribution >= 0.6 is 0 Å². The lowest BCUT2D eigenvalue weighted by molar-refractivity contribution is -0.130. The summed E-state index contributed by atoms with van der Waals surface area (Å²) in [6, 6.07) is 5.81. The van der Waals surface area contributed by atoms with Crippen molar-refractivity contribution in [1.29, 1.82) is 0 Å². The number of hydrogen-bond donors (Lipinski definition) is 1. The van der Waals surface area contributed by atoms with Crippen molar-refractivity contribution in [2.24, 2.45) is 0 Å². The number of carbonyl (C=O) groups excluding carboxylic acids is 2. The fourth-order valence-corrected chi connectivity index (χ4v) is 4.17. The van der Waals surface area contributed by atoms with Gasteiger partial charge in [-0.2, -0.15) is 8.42 Å². The van der Waals surface area contributed by atoms with E-state index < -0.39 is 27.4 Å². The molecule has 136 valence electrons. The number of carbonyl (C=O) groups is 2. The fraction of sp³-hybridized carbons (Fsp3) is 0.500. The molecule has 1 aliphatic carbocycles. The molecule has 9 heteroatoms. The number of nitrogens with zero attached hydrogens (tertiary/aromatic N) is 1. The third kappa shape index (κ3) is 3.41. The highest BCUT2D eigenvalue weighted by Gasteiger charge is 2.52. The molecule has 1 spiro atoms. The van der Waals surface area contributed by atoms with E-state index in [0.717, 1.165) is 17.7 Å². The van der Waals surface area contributed by atoms with E-state index in [1.54, 1.807) is 18.2 Å². The highest BCUT2D eigenvalue weighted by Crippen LogP contribution is 2.35. The van der Waals surface area contributed by atoms with Gasteiger partial charge in [0.05, 0.1) is 7.11 Å². The summed E-state index contributed by atoms with van der Waals surface area (Å²) in [4.78, 5) is 25.5. The van der Waals surface area contributed by atoms with Gasteiger partial charge in [0.1, 0.15) is 11.3 Å². The smallest absolute Gasteiger partial charge is 0.325 e. The van der Waals surface area contributed by atoms with Gasteiger partial charge in [-0.05, 0) is 25.0 Å². The molecule has 0 unspecified atom stereocenters. The first-order valence-electron chi connectivity index (χ1n) is 8.06. The predicted molar refractivity (Wildman–Crippen MR) is 88.9 cm³/mol. The van der Waals surface area contributed by atoms with Crippen LogP contribution in [0.3, 0.4) is 0 Å². The van der Waals surface area contributed by atoms with Gasteiger partial charge in [0.2, 0.25) is 0 Å². The van der Waals surface area contributed by atoms with E-state index >= 15 is 0 Å². The van der Waals surface area contributed by atoms with E-state index in [4.69, 9.17) is 8.92 Å². The third-order valence-corrected chi connectivity index (χ3v) is 5.67. The summed E-state index contributed by atoms with van der Waals surface area (Å²) in [5.41, 5.74) is -0.843. The standard InChI is InChI=1S/C16H20N2O6S/c1-23-12-6-2-3-7-13(12)24-25(21,22)11-10-18-14(19)16(17-15(18)20)8-4-5-9-16/h2-3,6-7H,4-5,8-11H2,1H3,(H,17,20). The molecular formula is C16H20N2O6S. The van der Waals surface area contributed by atoms with Crippen LogP contribution in [0.4, 0.5) is 4.79 Å². The first-order valence-corrected chi connectivity index (χ1v) is 9.64. The SMILES string of the molecule is COc1ccccc1OS(=O)(=O)CCN1C(=O)NC2(CCCC2)C1=O. The average molecular weight is 368 g/mol. The minimum atomic E-state index is -3.99. The second-order valence-corrected chi connectivity index (χ2v) is 7.86. The van der Waals surface area contributed by atoms with Gasteiger partial charge in [-0.25, -0.2) is 4.79 Å². The minimum absolute atomic E-state index is 0.0643. The van der Waals surface area contributed by atoms with Crippen LogP contribution in [-0.4, -0.2) is 50.2 Å². The first kappa shape index (κ1) is 17.5. The van der Waals surface area contributed by atoms with Crippen molar-refractivity contribution in [3.05, 3.63) is 24.3 Å². The number of imide groups is 1. The molecule has 2 fully saturated rings. The van der Waals surface area contributed by atoms with Crippen LogP contribution in [0.2, 0.25) is 0 Å². The maximum atomic E-state index is 12.5. The molecule has 0 radical (unpaired) electrons. The van der Waals surface area contributed by atoms with Gasteiger partial charge in [-0.3, -0.25) is 9.69 Å². The summed E-state index contributed by atoms with van der Waals surface area (Å²) in [5.74, 6) is -0.483. The van der Waals surface area contributed by atoms with Crippen LogP contribution in [0.1, 0.15) is 25.7 Å². The predicted octanol–water partition coefficient (Wildman–Crippen LogP) is 1.27. The highest BCUT2D eigenvalue weighted by molar-refractivity contribution is 7.87. The van der Waals surface area contributed by atoms with E-state index in [2.05, 4.69) is 5.32 Å². The Kier molecular flexibility index (Phi) is 4.59. The van der Waals surface area contributed by atoms with E-state index in [9.17, 15) is 18.0 Å². The number of para-hydroxylation sites is 2. The van der Waals surface area contributed by atoms with E-state index in [1.807, 2.05) is 0 Å². The zero-order chi connectivity index (χ0) is 18.1. The Morgan fingerprint density at radius 2 is 1.80 bits per heavy atom. The van der Waals surface area contributed by atoms with Crippen molar-refractivity contribution in [2.45, 2.75) is 31.2 Å². The number of amides is 3. The Morgan fingerprint density at radius 3 is 2.44 bits per heavy atom. The Morgan fingerprint density at radius 1 is 1.16 bits per heavy atom. The molecule has 1 heterocycles. The molecule has 1 aromatic rings. The maximum Gasteiger partial charge on any atom is 0.325 e. The zero-order valence-electron chi connectivity index (χ0n) is 13.9. The second-order valence-electron chi connectivity index (χ2n) is 6.17. The minimum Gasteiger partial charge on any atom is -0.493 e. The largest absolute Gasteiger partial charge is 0.493 e. The van der Waals surface area contributed by atoms with Crippen LogP contribution < -0.4 is 14.2 Å². The van der Waals surface area contributed by atoms with Crippen molar-refractivity contribution in [1.82, 2.24) is 10.2 Å². The van der Waals surface area contributed by atoms with Crippen molar-refractivity contribution in [2.75, 3.05) is 19.4 Å². The number of methoxy groups -OCH3 is 1. The molecule has 2 aliphatic rings. The lowest BCUT2D eigenvalue weighted by atomic mass is 9.98. The van der Waals surface area contributed by atoms with Gasteiger partial charge in [-0.1, -0.05) is 25.0 Å². The number of nitrogens with one attached hydrogen (secondary N) is 1. The summed E-state index contributed by atoms with van der Waals surface area (Å²) < 4.78 is 34.5. The molecule has 0 atom stereocenters. The molecule has 8 nitrogen and oxygen atoms in total. The fourth-order valence-electron chi connectivity index (χ4n) is 3.27. The molecule has 1 N–H and O–H groups in total. The molecule has 1 saturated heterocycles. The monoisotopic (exact) mass is 368 g/mol. The Hall–Kier alpha value is -2.29. The van der Waals surface area contributed by atoms with Gasteiger partial charge in [0, 0.05) is 6.54 Å². The van der Waals surface area contributed by atoms with E-state index in [1.165, 1.54) is 13.2 Å². The first-order chi connectivity index (χ1) is 11.9. The molecule has 1 aliphatic heterocycles. The van der Waals surface area contributed by atoms with Gasteiger partial charge < -0.3 is 14.2 Å². The Labute approximate surface area is 146 Å². The number of rotatable bonds is 6. The quantitative estimate of drug-likeness (QED) is 0.599. The van der Waals surface area contributed by atoms with Crippen LogP contribution in [-0.2, 0) is 14.9 Å². The second kappa shape index (κ2) is 6.55. The molecule has 1 saturated carbocycles. The van der Waals surface area contributed by atoms with Crippen molar-refractivity contribution >= 4 is 22.1 Å². The highest BCUT2D eigenvalue weighted by atomic mass is 32.2. The van der Waals surface area contributed by atoms with Crippen molar-refractivity contribution in [3.63, 3.8) is 0 Å². The summed E-state index contributed by atoms with van der Waals surface area (Å²) in [6.07, 6.45) is 2.93. The topological polar surface area (TPSA) is 102 Å². The lowest BCUT2D eigenvalue weighted by Crippen LogP contribution is -2.44. The van der Waals surface area contributed by atoms with Gasteiger partial charge in [0.25, 0.3) is 5.91 Å². The molecule has 3 amide bonds. The molecular weight excluding hydrogens is 348 g/mol. The van der Waals surface area contributed by atoms with Crippen LogP contribution in [0.25, 0.3) is 0 Å². The Bertz CT molecular complexity index is 786. The average Bonchev–Trinajstić information content (AvgIpc) is 3.12. The van der Waals surface area contributed by atoms with Gasteiger partial charge >= 0.3 is 16.1 Å². The van der Waals surface area contributed by atoms with Gasteiger partial charge in [-0.15, -0.1) is 0 Å². The van der Waals surface area contributed by atoms with Crippen LogP contribution in [0.15, 0.2) is 24.3 Å². The van der Waals surface area contributed by atoms with E-state index in [-0.39, 0.29) is 24.0 Å². The summed E-state index contributed by atoms with van der Waals surface area (Å²) in [6.45, 7) is -0.246. The summed E-state index contributed by atoms with van der Waals surface area (Å²) >= 11 is 0. The number of urea groups is 1. The van der Waals surface area contributed by atoms with Crippen molar-refractivity contribution < 1.29 is 26.9 Å². The number of hydrogen-bond acceptors (Lipinski definition) is 6.